The first-order valence-corrected chi connectivity index (χ1v) is 8.40. The number of phenols is 1. The standard InChI is InChI=1S/C20H19N3O4/c1-19(2,25-3)7-6-12-9-22-18-16(17(12)21)20(10-26-11-23-20)14-8-13(24)4-5-15(14)27-18/h4-5,8-9,11,24H,10H2,1-3H3,(H2,21,22). The third kappa shape index (κ3) is 2.66. The van der Waals surface area contributed by atoms with Crippen LogP contribution in [0.1, 0.15) is 30.5 Å². The van der Waals surface area contributed by atoms with E-state index in [4.69, 9.17) is 19.9 Å². The highest BCUT2D eigenvalue weighted by molar-refractivity contribution is 5.73. The first kappa shape index (κ1) is 17.2. The number of pyridine rings is 1. The second-order valence-corrected chi connectivity index (χ2v) is 6.92. The first-order chi connectivity index (χ1) is 12.9. The van der Waals surface area contributed by atoms with Gasteiger partial charge in [-0.25, -0.2) is 9.98 Å². The molecular formula is C20H19N3O4. The van der Waals surface area contributed by atoms with Gasteiger partial charge in [-0.15, -0.1) is 0 Å². The van der Waals surface area contributed by atoms with E-state index in [2.05, 4.69) is 21.8 Å². The van der Waals surface area contributed by atoms with Crippen LogP contribution in [0.2, 0.25) is 0 Å². The number of ether oxygens (including phenoxy) is 3. The average molecular weight is 365 g/mol. The van der Waals surface area contributed by atoms with Crippen LogP contribution >= 0.6 is 0 Å². The predicted octanol–water partition coefficient (Wildman–Crippen LogP) is 2.55. The lowest BCUT2D eigenvalue weighted by atomic mass is 9.81. The van der Waals surface area contributed by atoms with E-state index in [1.54, 1.807) is 31.5 Å². The van der Waals surface area contributed by atoms with E-state index in [1.807, 2.05) is 13.8 Å². The number of aliphatic imine (C=N–C) groups is 1. The van der Waals surface area contributed by atoms with E-state index in [0.717, 1.165) is 0 Å². The van der Waals surface area contributed by atoms with Crippen LogP contribution in [0.25, 0.3) is 0 Å². The summed E-state index contributed by atoms with van der Waals surface area (Å²) < 4.78 is 16.7. The molecule has 0 radical (unpaired) electrons. The number of nitrogens with zero attached hydrogens (tertiary/aromatic N) is 2. The van der Waals surface area contributed by atoms with Crippen LogP contribution in [0.3, 0.4) is 0 Å². The molecule has 0 bridgehead atoms. The minimum absolute atomic E-state index is 0.103. The molecule has 7 heteroatoms. The smallest absolute Gasteiger partial charge is 0.227 e. The predicted molar refractivity (Wildman–Crippen MR) is 100 cm³/mol. The molecule has 1 unspecified atom stereocenters. The summed E-state index contributed by atoms with van der Waals surface area (Å²) in [6, 6.07) is 4.83. The first-order valence-electron chi connectivity index (χ1n) is 8.40. The van der Waals surface area contributed by atoms with Gasteiger partial charge < -0.3 is 25.1 Å². The van der Waals surface area contributed by atoms with Crippen molar-refractivity contribution in [3.8, 4) is 29.2 Å². The maximum absolute atomic E-state index is 9.97. The molecule has 27 heavy (non-hydrogen) atoms. The van der Waals surface area contributed by atoms with Crippen molar-refractivity contribution >= 4 is 12.1 Å². The highest BCUT2D eigenvalue weighted by Crippen LogP contribution is 2.52. The van der Waals surface area contributed by atoms with E-state index < -0.39 is 11.1 Å². The Bertz CT molecular complexity index is 1020. The fourth-order valence-corrected chi connectivity index (χ4v) is 3.13. The van der Waals surface area contributed by atoms with Crippen LogP contribution in [0.5, 0.6) is 17.4 Å². The zero-order chi connectivity index (χ0) is 19.2. The normalized spacial score (nSPS) is 19.5. The molecule has 2 aromatic rings. The third-order valence-corrected chi connectivity index (χ3v) is 4.76. The van der Waals surface area contributed by atoms with Gasteiger partial charge in [0.15, 0.2) is 11.9 Å². The molecule has 0 fully saturated rings. The summed E-state index contributed by atoms with van der Waals surface area (Å²) in [5.74, 6) is 7.08. The van der Waals surface area contributed by atoms with E-state index in [1.165, 1.54) is 6.40 Å². The molecule has 4 rings (SSSR count). The molecule has 1 atom stereocenters. The molecule has 1 aromatic carbocycles. The van der Waals surface area contributed by atoms with Gasteiger partial charge in [0.05, 0.1) is 16.8 Å². The topological polar surface area (TPSA) is 99.2 Å². The van der Waals surface area contributed by atoms with E-state index in [9.17, 15) is 5.11 Å². The molecule has 2 aliphatic rings. The Morgan fingerprint density at radius 3 is 2.89 bits per heavy atom. The number of methoxy groups -OCH3 is 1. The lowest BCUT2D eigenvalue weighted by molar-refractivity contribution is 0.0742. The Balaban J connectivity index is 1.92. The number of phenolic OH excluding ortho intramolecular Hbond substituents is 1. The van der Waals surface area contributed by atoms with E-state index in [-0.39, 0.29) is 12.4 Å². The number of aromatic nitrogens is 1. The lowest BCUT2D eigenvalue weighted by Gasteiger charge is -2.33. The van der Waals surface area contributed by atoms with Crippen LogP contribution in [0.15, 0.2) is 29.4 Å². The number of hydrogen-bond acceptors (Lipinski definition) is 7. The Morgan fingerprint density at radius 1 is 1.37 bits per heavy atom. The molecule has 0 saturated carbocycles. The maximum atomic E-state index is 9.97. The van der Waals surface area contributed by atoms with Gasteiger partial charge in [0, 0.05) is 18.9 Å². The zero-order valence-electron chi connectivity index (χ0n) is 15.2. The van der Waals surface area contributed by atoms with Crippen molar-refractivity contribution in [3.63, 3.8) is 0 Å². The number of fused-ring (bicyclic) bond motifs is 4. The third-order valence-electron chi connectivity index (χ3n) is 4.76. The molecule has 7 nitrogen and oxygen atoms in total. The summed E-state index contributed by atoms with van der Waals surface area (Å²) in [7, 11) is 1.60. The van der Waals surface area contributed by atoms with Gasteiger partial charge in [-0.1, -0.05) is 11.8 Å². The summed E-state index contributed by atoms with van der Waals surface area (Å²) in [5, 5.41) is 9.97. The van der Waals surface area contributed by atoms with E-state index >= 15 is 0 Å². The average Bonchev–Trinajstić information content (AvgIpc) is 3.12. The summed E-state index contributed by atoms with van der Waals surface area (Å²) in [5.41, 5.74) is 7.12. The van der Waals surface area contributed by atoms with Crippen LogP contribution in [0.4, 0.5) is 5.69 Å². The van der Waals surface area contributed by atoms with Crippen molar-refractivity contribution in [1.82, 2.24) is 4.98 Å². The van der Waals surface area contributed by atoms with Gasteiger partial charge in [0.2, 0.25) is 5.88 Å². The SMILES string of the molecule is COC(C)(C)C#Cc1cnc2c(c1N)C1(COC=N1)c1cc(O)ccc1O2. The van der Waals surface area contributed by atoms with Gasteiger partial charge in [-0.3, -0.25) is 0 Å². The molecule has 1 spiro atoms. The fourth-order valence-electron chi connectivity index (χ4n) is 3.13. The molecule has 3 N–H and O–H groups in total. The van der Waals surface area contributed by atoms with Crippen molar-refractivity contribution in [3.05, 3.63) is 41.1 Å². The molecule has 1 aromatic heterocycles. The Kier molecular flexibility index (Phi) is 3.75. The Morgan fingerprint density at radius 2 is 2.19 bits per heavy atom. The number of rotatable bonds is 1. The highest BCUT2D eigenvalue weighted by atomic mass is 16.5. The van der Waals surface area contributed by atoms with Crippen LogP contribution in [0, 0.1) is 11.8 Å². The summed E-state index contributed by atoms with van der Waals surface area (Å²) >= 11 is 0. The minimum Gasteiger partial charge on any atom is -0.508 e. The minimum atomic E-state index is -0.937. The lowest BCUT2D eigenvalue weighted by Crippen LogP contribution is -2.32. The zero-order valence-corrected chi connectivity index (χ0v) is 15.2. The van der Waals surface area contributed by atoms with Crippen molar-refractivity contribution < 1.29 is 19.3 Å². The fraction of sp³-hybridized carbons (Fsp3) is 0.300. The number of nitrogen functional groups attached to an aromatic ring is 1. The second-order valence-electron chi connectivity index (χ2n) is 6.92. The number of anilines is 1. The van der Waals surface area contributed by atoms with Crippen LogP contribution < -0.4 is 10.5 Å². The monoisotopic (exact) mass is 365 g/mol. The van der Waals surface area contributed by atoms with Crippen molar-refractivity contribution in [1.29, 1.82) is 0 Å². The number of hydrogen-bond donors (Lipinski definition) is 2. The molecule has 138 valence electrons. The van der Waals surface area contributed by atoms with Crippen molar-refractivity contribution in [2.24, 2.45) is 4.99 Å². The van der Waals surface area contributed by atoms with Gasteiger partial charge in [-0.05, 0) is 32.0 Å². The number of benzene rings is 1. The second kappa shape index (κ2) is 5.89. The molecule has 0 amide bonds. The Hall–Kier alpha value is -3.24. The maximum Gasteiger partial charge on any atom is 0.227 e. The molecule has 0 aliphatic carbocycles. The van der Waals surface area contributed by atoms with Crippen molar-refractivity contribution in [2.75, 3.05) is 19.5 Å². The number of nitrogens with two attached hydrogens (primary N) is 1. The Labute approximate surface area is 156 Å². The largest absolute Gasteiger partial charge is 0.508 e. The van der Waals surface area contributed by atoms with E-state index in [0.29, 0.717) is 34.0 Å². The number of aromatic hydroxyl groups is 1. The summed E-state index contributed by atoms with van der Waals surface area (Å²) in [4.78, 5) is 8.96. The highest BCUT2D eigenvalue weighted by Gasteiger charge is 2.48. The molecule has 2 aliphatic heterocycles. The van der Waals surface area contributed by atoms with Gasteiger partial charge in [0.25, 0.3) is 0 Å². The molecular weight excluding hydrogens is 346 g/mol. The van der Waals surface area contributed by atoms with Gasteiger partial charge >= 0.3 is 0 Å². The van der Waals surface area contributed by atoms with Crippen molar-refractivity contribution in [2.45, 2.75) is 25.0 Å². The molecule has 0 saturated heterocycles. The van der Waals surface area contributed by atoms with Gasteiger partial charge in [-0.2, -0.15) is 0 Å². The summed E-state index contributed by atoms with van der Waals surface area (Å²) in [6.45, 7) is 3.95. The molecule has 3 heterocycles. The van der Waals surface area contributed by atoms with Crippen LogP contribution in [-0.4, -0.2) is 35.8 Å². The summed E-state index contributed by atoms with van der Waals surface area (Å²) in [6.07, 6.45) is 2.96. The quantitative estimate of drug-likeness (QED) is 0.754. The van der Waals surface area contributed by atoms with Crippen LogP contribution in [-0.2, 0) is 15.0 Å². The van der Waals surface area contributed by atoms with Gasteiger partial charge in [0.1, 0.15) is 23.7 Å².